The molecule has 0 unspecified atom stereocenters. The molecule has 3 heterocycles. The van der Waals surface area contributed by atoms with Crippen molar-refractivity contribution in [3.63, 3.8) is 0 Å². The van der Waals surface area contributed by atoms with E-state index in [4.69, 9.17) is 21.1 Å². The smallest absolute Gasteiger partial charge is 0.264 e. The Morgan fingerprint density at radius 3 is 2.71 bits per heavy atom. The zero-order valence-electron chi connectivity index (χ0n) is 16.3. The molecule has 31 heavy (non-hydrogen) atoms. The number of Topliss-reactive ketones (excluding diaryl/α,β-unsaturated/α-hetero) is 1. The fourth-order valence-corrected chi connectivity index (χ4v) is 4.82. The van der Waals surface area contributed by atoms with Gasteiger partial charge in [-0.3, -0.25) is 9.59 Å². The Morgan fingerprint density at radius 1 is 1.13 bits per heavy atom. The van der Waals surface area contributed by atoms with Crippen LogP contribution in [0.5, 0.6) is 11.5 Å². The Labute approximate surface area is 187 Å². The molecule has 158 valence electrons. The number of fused-ring (bicyclic) bond motifs is 2. The third-order valence-corrected chi connectivity index (χ3v) is 6.56. The van der Waals surface area contributed by atoms with E-state index < -0.39 is 17.9 Å². The lowest BCUT2D eigenvalue weighted by Crippen LogP contribution is -2.41. The molecule has 0 radical (unpaired) electrons. The molecule has 0 spiro atoms. The van der Waals surface area contributed by atoms with Gasteiger partial charge < -0.3 is 19.5 Å². The molecular weight excluding hydrogens is 438 g/mol. The summed E-state index contributed by atoms with van der Waals surface area (Å²) in [5.41, 5.74) is -0.763. The van der Waals surface area contributed by atoms with Crippen LogP contribution in [-0.4, -0.2) is 30.0 Å². The standard InChI is InChI=1S/C23H18ClNO5S/c24-15-4-5-18-17(11-15)23(28,22(27)25(18)13-16-2-1-9-31-16)12-19(26)14-3-6-20-21(10-14)30-8-7-29-20/h1-6,9-11,28H,7-8,12-13H2/t23-/m0/s1. The third-order valence-electron chi connectivity index (χ3n) is 5.47. The molecule has 0 fully saturated rings. The van der Waals surface area contributed by atoms with Gasteiger partial charge in [-0.05, 0) is 47.8 Å². The van der Waals surface area contributed by atoms with Gasteiger partial charge >= 0.3 is 0 Å². The second-order valence-corrected chi connectivity index (χ2v) is 8.92. The minimum atomic E-state index is -2.00. The Bertz CT molecular complexity index is 1180. The summed E-state index contributed by atoms with van der Waals surface area (Å²) in [4.78, 5) is 28.9. The molecule has 0 bridgehead atoms. The number of thiophene rings is 1. The molecule has 0 saturated carbocycles. The maximum absolute atomic E-state index is 13.4. The van der Waals surface area contributed by atoms with E-state index in [-0.39, 0.29) is 5.78 Å². The van der Waals surface area contributed by atoms with Gasteiger partial charge in [0.25, 0.3) is 5.91 Å². The average molecular weight is 456 g/mol. The highest BCUT2D eigenvalue weighted by Crippen LogP contribution is 2.45. The van der Waals surface area contributed by atoms with Crippen LogP contribution in [0, 0.1) is 0 Å². The molecule has 8 heteroatoms. The van der Waals surface area contributed by atoms with Crippen molar-refractivity contribution in [2.24, 2.45) is 0 Å². The predicted octanol–water partition coefficient (Wildman–Crippen LogP) is 4.18. The van der Waals surface area contributed by atoms with E-state index >= 15 is 0 Å². The molecule has 0 aliphatic carbocycles. The van der Waals surface area contributed by atoms with Crippen LogP contribution in [0.3, 0.4) is 0 Å². The Morgan fingerprint density at radius 2 is 1.94 bits per heavy atom. The number of hydrogen-bond acceptors (Lipinski definition) is 6. The average Bonchev–Trinajstić information content (AvgIpc) is 3.35. The highest BCUT2D eigenvalue weighted by Gasteiger charge is 2.51. The molecule has 1 aromatic heterocycles. The van der Waals surface area contributed by atoms with E-state index in [2.05, 4.69) is 0 Å². The fourth-order valence-electron chi connectivity index (χ4n) is 3.96. The minimum absolute atomic E-state index is 0.311. The minimum Gasteiger partial charge on any atom is -0.486 e. The number of carbonyl (C=O) groups excluding carboxylic acids is 2. The molecule has 3 aromatic rings. The first-order valence-electron chi connectivity index (χ1n) is 9.75. The van der Waals surface area contributed by atoms with Crippen molar-refractivity contribution in [2.75, 3.05) is 18.1 Å². The third kappa shape index (κ3) is 3.48. The topological polar surface area (TPSA) is 76.1 Å². The fraction of sp³-hybridized carbons (Fsp3) is 0.217. The highest BCUT2D eigenvalue weighted by atomic mass is 35.5. The molecule has 2 aliphatic heterocycles. The molecule has 1 atom stereocenters. The lowest BCUT2D eigenvalue weighted by molar-refractivity contribution is -0.136. The molecule has 1 N–H and O–H groups in total. The van der Waals surface area contributed by atoms with Crippen molar-refractivity contribution in [3.8, 4) is 11.5 Å². The number of halogens is 1. The predicted molar refractivity (Wildman–Crippen MR) is 117 cm³/mol. The van der Waals surface area contributed by atoms with Gasteiger partial charge in [0.15, 0.2) is 22.9 Å². The van der Waals surface area contributed by atoms with E-state index in [1.807, 2.05) is 17.5 Å². The number of benzene rings is 2. The van der Waals surface area contributed by atoms with Gasteiger partial charge in [0.1, 0.15) is 13.2 Å². The maximum Gasteiger partial charge on any atom is 0.264 e. The Hall–Kier alpha value is -2.87. The quantitative estimate of drug-likeness (QED) is 0.584. The van der Waals surface area contributed by atoms with Crippen molar-refractivity contribution in [1.29, 1.82) is 0 Å². The Kier molecular flexibility index (Phi) is 4.97. The van der Waals surface area contributed by atoms with E-state index in [0.29, 0.717) is 53.1 Å². The molecule has 1 amide bonds. The Balaban J connectivity index is 1.48. The number of nitrogens with zero attached hydrogens (tertiary/aromatic N) is 1. The summed E-state index contributed by atoms with van der Waals surface area (Å²) in [6.07, 6.45) is -0.403. The first kappa shape index (κ1) is 20.1. The van der Waals surface area contributed by atoms with Crippen LogP contribution in [0.2, 0.25) is 5.02 Å². The SMILES string of the molecule is O=C(C[C@@]1(O)C(=O)N(Cc2cccs2)c2ccc(Cl)cc21)c1ccc2c(c1)OCCO2. The molecular formula is C23H18ClNO5S. The molecule has 2 aromatic carbocycles. The number of hydrogen-bond donors (Lipinski definition) is 1. The summed E-state index contributed by atoms with van der Waals surface area (Å²) in [5, 5.41) is 13.8. The first-order chi connectivity index (χ1) is 15.0. The summed E-state index contributed by atoms with van der Waals surface area (Å²) in [6, 6.07) is 13.6. The van der Waals surface area contributed by atoms with Crippen LogP contribution in [0.4, 0.5) is 5.69 Å². The second kappa shape index (κ2) is 7.67. The van der Waals surface area contributed by atoms with Crippen molar-refractivity contribution in [2.45, 2.75) is 18.6 Å². The van der Waals surface area contributed by atoms with Gasteiger partial charge in [-0.2, -0.15) is 0 Å². The lowest BCUT2D eigenvalue weighted by atomic mass is 9.88. The van der Waals surface area contributed by atoms with Crippen molar-refractivity contribution < 1.29 is 24.2 Å². The maximum atomic E-state index is 13.4. The monoisotopic (exact) mass is 455 g/mol. The number of aliphatic hydroxyl groups is 1. The number of ketones is 1. The number of anilines is 1. The summed E-state index contributed by atoms with van der Waals surface area (Å²) >= 11 is 7.69. The summed E-state index contributed by atoms with van der Waals surface area (Å²) in [7, 11) is 0. The zero-order valence-corrected chi connectivity index (χ0v) is 17.9. The zero-order chi connectivity index (χ0) is 21.6. The van der Waals surface area contributed by atoms with Crippen molar-refractivity contribution >= 4 is 40.3 Å². The largest absolute Gasteiger partial charge is 0.486 e. The van der Waals surface area contributed by atoms with E-state index in [0.717, 1.165) is 4.88 Å². The van der Waals surface area contributed by atoms with E-state index in [1.54, 1.807) is 36.4 Å². The summed E-state index contributed by atoms with van der Waals surface area (Å²) in [6.45, 7) is 1.16. The number of carbonyl (C=O) groups is 2. The van der Waals surface area contributed by atoms with Crippen LogP contribution in [0.15, 0.2) is 53.9 Å². The van der Waals surface area contributed by atoms with Crippen LogP contribution in [0.25, 0.3) is 0 Å². The van der Waals surface area contributed by atoms with Gasteiger partial charge in [-0.15, -0.1) is 11.3 Å². The number of ether oxygens (including phenoxy) is 2. The van der Waals surface area contributed by atoms with E-state index in [1.165, 1.54) is 16.2 Å². The van der Waals surface area contributed by atoms with Gasteiger partial charge in [0, 0.05) is 21.0 Å². The van der Waals surface area contributed by atoms with Crippen molar-refractivity contribution in [1.82, 2.24) is 0 Å². The number of amides is 1. The highest BCUT2D eigenvalue weighted by molar-refractivity contribution is 7.09. The normalized spacial score (nSPS) is 19.4. The first-order valence-corrected chi connectivity index (χ1v) is 11.0. The molecule has 0 saturated heterocycles. The van der Waals surface area contributed by atoms with Gasteiger partial charge in [-0.25, -0.2) is 0 Å². The van der Waals surface area contributed by atoms with Crippen LogP contribution in [0.1, 0.15) is 27.2 Å². The van der Waals surface area contributed by atoms with Crippen molar-refractivity contribution in [3.05, 3.63) is 74.9 Å². The second-order valence-electron chi connectivity index (χ2n) is 7.45. The van der Waals surface area contributed by atoms with Crippen LogP contribution < -0.4 is 14.4 Å². The molecule has 5 rings (SSSR count). The van der Waals surface area contributed by atoms with E-state index in [9.17, 15) is 14.7 Å². The molecule has 6 nitrogen and oxygen atoms in total. The summed E-state index contributed by atoms with van der Waals surface area (Å²) < 4.78 is 11.0. The van der Waals surface area contributed by atoms with Gasteiger partial charge in [0.05, 0.1) is 18.7 Å². The van der Waals surface area contributed by atoms with Gasteiger partial charge in [0.2, 0.25) is 0 Å². The lowest BCUT2D eigenvalue weighted by Gasteiger charge is -2.23. The summed E-state index contributed by atoms with van der Waals surface area (Å²) in [5.74, 6) is 0.128. The number of rotatable bonds is 5. The van der Waals surface area contributed by atoms with Crippen LogP contribution in [-0.2, 0) is 16.9 Å². The van der Waals surface area contributed by atoms with Gasteiger partial charge in [-0.1, -0.05) is 17.7 Å². The van der Waals surface area contributed by atoms with Crippen LogP contribution >= 0.6 is 22.9 Å². The molecule has 2 aliphatic rings.